The second kappa shape index (κ2) is 7.90. The highest BCUT2D eigenvalue weighted by Gasteiger charge is 2.10. The molecule has 0 bridgehead atoms. The van der Waals surface area contributed by atoms with Gasteiger partial charge in [-0.2, -0.15) is 0 Å². The maximum absolute atomic E-state index is 13.1. The average molecular weight is 340 g/mol. The highest BCUT2D eigenvalue weighted by Crippen LogP contribution is 2.10. The van der Waals surface area contributed by atoms with Crippen LogP contribution in [0.2, 0.25) is 0 Å². The SMILES string of the molecule is C[C@H](CC(=O)Nc1cccc(F)c1)NCCc1cn2ccccc2n1. The summed E-state index contributed by atoms with van der Waals surface area (Å²) in [6, 6.07) is 11.8. The fourth-order valence-electron chi connectivity index (χ4n) is 2.68. The molecule has 0 aliphatic carbocycles. The van der Waals surface area contributed by atoms with Crippen molar-refractivity contribution >= 4 is 17.2 Å². The molecule has 0 fully saturated rings. The summed E-state index contributed by atoms with van der Waals surface area (Å²) in [5.74, 6) is -0.505. The molecule has 0 aliphatic rings. The monoisotopic (exact) mass is 340 g/mol. The molecule has 0 aliphatic heterocycles. The quantitative estimate of drug-likeness (QED) is 0.695. The van der Waals surface area contributed by atoms with Crippen molar-refractivity contribution in [2.45, 2.75) is 25.8 Å². The number of benzene rings is 1. The summed E-state index contributed by atoms with van der Waals surface area (Å²) in [6.45, 7) is 2.69. The molecule has 1 amide bonds. The minimum atomic E-state index is -0.364. The third kappa shape index (κ3) is 4.87. The molecule has 1 aromatic carbocycles. The number of rotatable bonds is 7. The van der Waals surface area contributed by atoms with E-state index in [0.717, 1.165) is 24.3 Å². The lowest BCUT2D eigenvalue weighted by atomic mass is 10.2. The minimum Gasteiger partial charge on any atom is -0.326 e. The molecule has 0 unspecified atom stereocenters. The van der Waals surface area contributed by atoms with Gasteiger partial charge in [-0.25, -0.2) is 9.37 Å². The molecule has 3 rings (SSSR count). The number of aromatic nitrogens is 2. The van der Waals surface area contributed by atoms with E-state index in [0.29, 0.717) is 12.1 Å². The maximum atomic E-state index is 13.1. The number of hydrogen-bond donors (Lipinski definition) is 2. The Balaban J connectivity index is 1.43. The van der Waals surface area contributed by atoms with Gasteiger partial charge in [-0.15, -0.1) is 0 Å². The van der Waals surface area contributed by atoms with Gasteiger partial charge in [-0.3, -0.25) is 4.79 Å². The van der Waals surface area contributed by atoms with Crippen LogP contribution in [0.5, 0.6) is 0 Å². The van der Waals surface area contributed by atoms with Crippen LogP contribution in [0, 0.1) is 5.82 Å². The van der Waals surface area contributed by atoms with E-state index in [9.17, 15) is 9.18 Å². The van der Waals surface area contributed by atoms with Crippen LogP contribution in [0.3, 0.4) is 0 Å². The first-order valence-electron chi connectivity index (χ1n) is 8.31. The normalized spacial score (nSPS) is 12.2. The predicted octanol–water partition coefficient (Wildman–Crippen LogP) is 3.02. The molecule has 2 aromatic heterocycles. The molecule has 2 heterocycles. The van der Waals surface area contributed by atoms with Crippen LogP contribution in [0.1, 0.15) is 19.0 Å². The van der Waals surface area contributed by atoms with Gasteiger partial charge in [0.15, 0.2) is 0 Å². The van der Waals surface area contributed by atoms with E-state index in [1.807, 2.05) is 41.9 Å². The van der Waals surface area contributed by atoms with Crippen LogP contribution in [-0.2, 0) is 11.2 Å². The van der Waals surface area contributed by atoms with Gasteiger partial charge in [0.1, 0.15) is 11.5 Å². The standard InChI is InChI=1S/C19H21FN4O/c1-14(11-19(25)23-16-6-4-5-15(20)12-16)21-9-8-17-13-24-10-3-2-7-18(24)22-17/h2-7,10,12-14,21H,8-9,11H2,1H3,(H,23,25)/t14-/m1/s1. The smallest absolute Gasteiger partial charge is 0.225 e. The first-order chi connectivity index (χ1) is 12.1. The van der Waals surface area contributed by atoms with Crippen molar-refractivity contribution < 1.29 is 9.18 Å². The average Bonchev–Trinajstić information content (AvgIpc) is 2.97. The van der Waals surface area contributed by atoms with E-state index in [-0.39, 0.29) is 17.8 Å². The Hall–Kier alpha value is -2.73. The number of carbonyl (C=O) groups excluding carboxylic acids is 1. The predicted molar refractivity (Wildman–Crippen MR) is 96.0 cm³/mol. The zero-order valence-electron chi connectivity index (χ0n) is 14.1. The summed E-state index contributed by atoms with van der Waals surface area (Å²) in [5.41, 5.74) is 2.41. The molecule has 6 heteroatoms. The molecule has 130 valence electrons. The molecule has 3 aromatic rings. The zero-order chi connectivity index (χ0) is 17.6. The molecule has 5 nitrogen and oxygen atoms in total. The molecule has 25 heavy (non-hydrogen) atoms. The number of nitrogens with one attached hydrogen (secondary N) is 2. The Morgan fingerprint density at radius 3 is 2.96 bits per heavy atom. The van der Waals surface area contributed by atoms with Crippen LogP contribution in [-0.4, -0.2) is 27.9 Å². The van der Waals surface area contributed by atoms with Gasteiger partial charge in [-0.05, 0) is 37.3 Å². The Labute approximate surface area is 145 Å². The summed E-state index contributed by atoms with van der Waals surface area (Å²) in [7, 11) is 0. The molecular weight excluding hydrogens is 319 g/mol. The Morgan fingerprint density at radius 1 is 1.28 bits per heavy atom. The van der Waals surface area contributed by atoms with E-state index < -0.39 is 0 Å². The van der Waals surface area contributed by atoms with Crippen LogP contribution in [0.15, 0.2) is 54.9 Å². The summed E-state index contributed by atoms with van der Waals surface area (Å²) in [6.07, 6.45) is 5.09. The number of fused-ring (bicyclic) bond motifs is 1. The molecule has 0 saturated carbocycles. The summed E-state index contributed by atoms with van der Waals surface area (Å²) in [4.78, 5) is 16.5. The molecule has 1 atom stereocenters. The van der Waals surface area contributed by atoms with Gasteiger partial charge >= 0.3 is 0 Å². The summed E-state index contributed by atoms with van der Waals surface area (Å²) in [5, 5.41) is 6.02. The third-order valence-electron chi connectivity index (χ3n) is 3.89. The zero-order valence-corrected chi connectivity index (χ0v) is 14.1. The van der Waals surface area contributed by atoms with Gasteiger partial charge in [0.2, 0.25) is 5.91 Å². The Bertz CT molecular complexity index is 828. The van der Waals surface area contributed by atoms with E-state index in [1.165, 1.54) is 12.1 Å². The lowest BCUT2D eigenvalue weighted by molar-refractivity contribution is -0.116. The number of nitrogens with zero attached hydrogens (tertiary/aromatic N) is 2. The molecule has 2 N–H and O–H groups in total. The summed E-state index contributed by atoms with van der Waals surface area (Å²) >= 11 is 0. The summed E-state index contributed by atoms with van der Waals surface area (Å²) < 4.78 is 15.1. The van der Waals surface area contributed by atoms with Crippen molar-refractivity contribution in [3.8, 4) is 0 Å². The molecular formula is C19H21FN4O. The second-order valence-electron chi connectivity index (χ2n) is 6.07. The van der Waals surface area contributed by atoms with E-state index in [4.69, 9.17) is 0 Å². The lowest BCUT2D eigenvalue weighted by Crippen LogP contribution is -2.32. The molecule has 0 radical (unpaired) electrons. The van der Waals surface area contributed by atoms with Crippen LogP contribution in [0.25, 0.3) is 5.65 Å². The minimum absolute atomic E-state index is 0.0191. The van der Waals surface area contributed by atoms with Gasteiger partial charge < -0.3 is 15.0 Å². The maximum Gasteiger partial charge on any atom is 0.225 e. The van der Waals surface area contributed by atoms with E-state index in [1.54, 1.807) is 12.1 Å². The number of amides is 1. The molecule has 0 saturated heterocycles. The lowest BCUT2D eigenvalue weighted by Gasteiger charge is -2.13. The van der Waals surface area contributed by atoms with E-state index >= 15 is 0 Å². The third-order valence-corrected chi connectivity index (χ3v) is 3.89. The van der Waals surface area contributed by atoms with Crippen molar-refractivity contribution in [3.05, 3.63) is 66.4 Å². The number of carbonyl (C=O) groups is 1. The number of imidazole rings is 1. The fraction of sp³-hybridized carbons (Fsp3) is 0.263. The highest BCUT2D eigenvalue weighted by molar-refractivity contribution is 5.91. The van der Waals surface area contributed by atoms with E-state index in [2.05, 4.69) is 15.6 Å². The molecule has 0 spiro atoms. The van der Waals surface area contributed by atoms with Crippen molar-refractivity contribution in [2.24, 2.45) is 0 Å². The van der Waals surface area contributed by atoms with Crippen molar-refractivity contribution in [1.29, 1.82) is 0 Å². The topological polar surface area (TPSA) is 58.4 Å². The highest BCUT2D eigenvalue weighted by atomic mass is 19.1. The Kier molecular flexibility index (Phi) is 5.40. The van der Waals surface area contributed by atoms with Crippen LogP contribution in [0.4, 0.5) is 10.1 Å². The van der Waals surface area contributed by atoms with Crippen molar-refractivity contribution in [2.75, 3.05) is 11.9 Å². The number of pyridine rings is 1. The van der Waals surface area contributed by atoms with Gasteiger partial charge in [0.05, 0.1) is 5.69 Å². The first-order valence-corrected chi connectivity index (χ1v) is 8.31. The second-order valence-corrected chi connectivity index (χ2v) is 6.07. The van der Waals surface area contributed by atoms with Crippen LogP contribution >= 0.6 is 0 Å². The van der Waals surface area contributed by atoms with Gasteiger partial charge in [-0.1, -0.05) is 12.1 Å². The van der Waals surface area contributed by atoms with Gasteiger partial charge in [0.25, 0.3) is 0 Å². The largest absolute Gasteiger partial charge is 0.326 e. The number of hydrogen-bond acceptors (Lipinski definition) is 3. The number of halogens is 1. The Morgan fingerprint density at radius 2 is 2.16 bits per heavy atom. The van der Waals surface area contributed by atoms with Crippen molar-refractivity contribution in [3.63, 3.8) is 0 Å². The van der Waals surface area contributed by atoms with Gasteiger partial charge in [0, 0.05) is 43.5 Å². The van der Waals surface area contributed by atoms with Crippen LogP contribution < -0.4 is 10.6 Å². The van der Waals surface area contributed by atoms with Crippen molar-refractivity contribution in [1.82, 2.24) is 14.7 Å². The number of anilines is 1. The first kappa shape index (κ1) is 17.1. The fourth-order valence-corrected chi connectivity index (χ4v) is 2.68.